The van der Waals surface area contributed by atoms with Crippen LogP contribution >= 0.6 is 0 Å². The van der Waals surface area contributed by atoms with Crippen molar-refractivity contribution in [2.24, 2.45) is 0 Å². The third-order valence-electron chi connectivity index (χ3n) is 1.15. The average Bonchev–Trinajstić information content (AvgIpc) is 1.99. The SMILES string of the molecule is C=C1OCCCOC1=C. The fourth-order valence-corrected chi connectivity index (χ4v) is 0.611. The molecule has 2 nitrogen and oxygen atoms in total. The largest absolute Gasteiger partial charge is 0.490 e. The fourth-order valence-electron chi connectivity index (χ4n) is 0.611. The van der Waals surface area contributed by atoms with Crippen LogP contribution in [0.25, 0.3) is 0 Å². The molecule has 0 amide bonds. The summed E-state index contributed by atoms with van der Waals surface area (Å²) < 4.78 is 10.2. The summed E-state index contributed by atoms with van der Waals surface area (Å²) >= 11 is 0. The van der Waals surface area contributed by atoms with Gasteiger partial charge in [-0.25, -0.2) is 0 Å². The van der Waals surface area contributed by atoms with Crippen LogP contribution in [0, 0.1) is 0 Å². The Morgan fingerprint density at radius 2 is 1.44 bits per heavy atom. The number of rotatable bonds is 0. The van der Waals surface area contributed by atoms with Crippen LogP contribution in [0.2, 0.25) is 0 Å². The van der Waals surface area contributed by atoms with E-state index in [0.717, 1.165) is 6.42 Å². The van der Waals surface area contributed by atoms with Crippen molar-refractivity contribution in [3.63, 3.8) is 0 Å². The molecule has 0 aromatic heterocycles. The van der Waals surface area contributed by atoms with Crippen molar-refractivity contribution in [1.29, 1.82) is 0 Å². The summed E-state index contributed by atoms with van der Waals surface area (Å²) in [5, 5.41) is 0. The predicted molar refractivity (Wildman–Crippen MR) is 34.8 cm³/mol. The van der Waals surface area contributed by atoms with Gasteiger partial charge in [-0.15, -0.1) is 0 Å². The van der Waals surface area contributed by atoms with Crippen LogP contribution in [-0.2, 0) is 9.47 Å². The molecule has 50 valence electrons. The first-order chi connectivity index (χ1) is 4.30. The molecule has 0 spiro atoms. The molecule has 0 aromatic rings. The maximum Gasteiger partial charge on any atom is 0.153 e. The summed E-state index contributed by atoms with van der Waals surface area (Å²) in [6.45, 7) is 8.60. The molecule has 0 atom stereocenters. The van der Waals surface area contributed by atoms with E-state index in [9.17, 15) is 0 Å². The Labute approximate surface area is 54.8 Å². The topological polar surface area (TPSA) is 18.5 Å². The van der Waals surface area contributed by atoms with Crippen molar-refractivity contribution >= 4 is 0 Å². The summed E-state index contributed by atoms with van der Waals surface area (Å²) in [5.41, 5.74) is 0. The molecule has 2 heteroatoms. The number of ether oxygens (including phenoxy) is 2. The molecular formula is C7H10O2. The predicted octanol–water partition coefficient (Wildman–Crippen LogP) is 1.45. The maximum atomic E-state index is 5.10. The van der Waals surface area contributed by atoms with E-state index in [1.165, 1.54) is 0 Å². The maximum absolute atomic E-state index is 5.10. The van der Waals surface area contributed by atoms with Crippen LogP contribution in [0.3, 0.4) is 0 Å². The molecule has 1 aliphatic rings. The molecule has 1 rings (SSSR count). The Bertz CT molecular complexity index is 122. The van der Waals surface area contributed by atoms with Crippen LogP contribution in [0.5, 0.6) is 0 Å². The van der Waals surface area contributed by atoms with E-state index in [1.54, 1.807) is 0 Å². The summed E-state index contributed by atoms with van der Waals surface area (Å²) in [7, 11) is 0. The van der Waals surface area contributed by atoms with Gasteiger partial charge in [-0.05, 0) is 0 Å². The molecule has 9 heavy (non-hydrogen) atoms. The van der Waals surface area contributed by atoms with E-state index in [4.69, 9.17) is 9.47 Å². The molecular weight excluding hydrogens is 116 g/mol. The molecule has 0 unspecified atom stereocenters. The van der Waals surface area contributed by atoms with Gasteiger partial charge < -0.3 is 9.47 Å². The molecule has 0 aliphatic carbocycles. The molecule has 1 heterocycles. The second kappa shape index (κ2) is 2.58. The lowest BCUT2D eigenvalue weighted by Crippen LogP contribution is -1.90. The Kier molecular flexibility index (Phi) is 1.78. The minimum absolute atomic E-state index is 0.562. The summed E-state index contributed by atoms with van der Waals surface area (Å²) in [4.78, 5) is 0. The van der Waals surface area contributed by atoms with Crippen molar-refractivity contribution in [3.05, 3.63) is 24.7 Å². The first-order valence-electron chi connectivity index (χ1n) is 2.94. The minimum atomic E-state index is 0.562. The minimum Gasteiger partial charge on any atom is -0.490 e. The zero-order valence-electron chi connectivity index (χ0n) is 5.35. The molecule has 0 bridgehead atoms. The zero-order chi connectivity index (χ0) is 6.69. The standard InChI is InChI=1S/C7H10O2/c1-6-7(2)9-5-3-4-8-6/h1-5H2. The smallest absolute Gasteiger partial charge is 0.153 e. The van der Waals surface area contributed by atoms with Gasteiger partial charge in [-0.2, -0.15) is 0 Å². The zero-order valence-corrected chi connectivity index (χ0v) is 5.35. The van der Waals surface area contributed by atoms with E-state index in [2.05, 4.69) is 13.2 Å². The summed E-state index contributed by atoms with van der Waals surface area (Å²) in [5.74, 6) is 1.13. The Morgan fingerprint density at radius 3 is 1.89 bits per heavy atom. The molecule has 0 N–H and O–H groups in total. The highest BCUT2D eigenvalue weighted by molar-refractivity contribution is 5.12. The van der Waals surface area contributed by atoms with Crippen molar-refractivity contribution in [3.8, 4) is 0 Å². The van der Waals surface area contributed by atoms with Crippen LogP contribution < -0.4 is 0 Å². The number of hydrogen-bond acceptors (Lipinski definition) is 2. The van der Waals surface area contributed by atoms with Gasteiger partial charge in [-0.1, -0.05) is 13.2 Å². The van der Waals surface area contributed by atoms with E-state index in [-0.39, 0.29) is 0 Å². The average molecular weight is 126 g/mol. The van der Waals surface area contributed by atoms with E-state index in [0.29, 0.717) is 24.7 Å². The third-order valence-corrected chi connectivity index (χ3v) is 1.15. The summed E-state index contributed by atoms with van der Waals surface area (Å²) in [6.07, 6.45) is 0.915. The van der Waals surface area contributed by atoms with Gasteiger partial charge >= 0.3 is 0 Å². The number of hydrogen-bond donors (Lipinski definition) is 0. The summed E-state index contributed by atoms with van der Waals surface area (Å²) in [6, 6.07) is 0. The van der Waals surface area contributed by atoms with Crippen molar-refractivity contribution in [1.82, 2.24) is 0 Å². The molecule has 1 aliphatic heterocycles. The van der Waals surface area contributed by atoms with Gasteiger partial charge in [0.1, 0.15) is 0 Å². The van der Waals surface area contributed by atoms with E-state index < -0.39 is 0 Å². The van der Waals surface area contributed by atoms with Crippen molar-refractivity contribution in [2.75, 3.05) is 13.2 Å². The Hall–Kier alpha value is -0.920. The first kappa shape index (κ1) is 6.20. The lowest BCUT2D eigenvalue weighted by molar-refractivity contribution is 0.223. The van der Waals surface area contributed by atoms with Crippen molar-refractivity contribution in [2.45, 2.75) is 6.42 Å². The molecule has 0 saturated carbocycles. The second-order valence-corrected chi connectivity index (χ2v) is 1.90. The van der Waals surface area contributed by atoms with Crippen LogP contribution in [-0.4, -0.2) is 13.2 Å². The van der Waals surface area contributed by atoms with E-state index in [1.807, 2.05) is 0 Å². The fraction of sp³-hybridized carbons (Fsp3) is 0.429. The van der Waals surface area contributed by atoms with Crippen LogP contribution in [0.1, 0.15) is 6.42 Å². The highest BCUT2D eigenvalue weighted by Gasteiger charge is 2.06. The molecule has 1 saturated heterocycles. The van der Waals surface area contributed by atoms with Crippen LogP contribution in [0.4, 0.5) is 0 Å². The molecule has 1 fully saturated rings. The van der Waals surface area contributed by atoms with Gasteiger partial charge in [0, 0.05) is 6.42 Å². The highest BCUT2D eigenvalue weighted by atomic mass is 16.5. The molecule has 0 radical (unpaired) electrons. The monoisotopic (exact) mass is 126 g/mol. The third kappa shape index (κ3) is 1.49. The van der Waals surface area contributed by atoms with E-state index >= 15 is 0 Å². The van der Waals surface area contributed by atoms with Gasteiger partial charge in [0.05, 0.1) is 13.2 Å². The van der Waals surface area contributed by atoms with Crippen LogP contribution in [0.15, 0.2) is 24.7 Å². The van der Waals surface area contributed by atoms with Gasteiger partial charge in [-0.3, -0.25) is 0 Å². The lowest BCUT2D eigenvalue weighted by Gasteiger charge is -2.03. The van der Waals surface area contributed by atoms with Gasteiger partial charge in [0.25, 0.3) is 0 Å². The first-order valence-corrected chi connectivity index (χ1v) is 2.94. The normalized spacial score (nSPS) is 20.0. The van der Waals surface area contributed by atoms with Gasteiger partial charge in [0.2, 0.25) is 0 Å². The Balaban J connectivity index is 2.51. The molecule has 0 aromatic carbocycles. The Morgan fingerprint density at radius 1 is 1.00 bits per heavy atom. The van der Waals surface area contributed by atoms with Crippen molar-refractivity contribution < 1.29 is 9.47 Å². The lowest BCUT2D eigenvalue weighted by atomic mass is 10.5. The highest BCUT2D eigenvalue weighted by Crippen LogP contribution is 2.12. The quantitative estimate of drug-likeness (QED) is 0.489. The van der Waals surface area contributed by atoms with Gasteiger partial charge in [0.15, 0.2) is 11.5 Å². The second-order valence-electron chi connectivity index (χ2n) is 1.90.